The maximum atomic E-state index is 12.0. The van der Waals surface area contributed by atoms with E-state index >= 15 is 0 Å². The van der Waals surface area contributed by atoms with Crippen LogP contribution in [0.5, 0.6) is 0 Å². The predicted molar refractivity (Wildman–Crippen MR) is 82.9 cm³/mol. The van der Waals surface area contributed by atoms with Crippen molar-refractivity contribution in [2.45, 2.75) is 25.1 Å². The van der Waals surface area contributed by atoms with Crippen LogP contribution in [0.1, 0.15) is 30.7 Å². The Hall–Kier alpha value is -1.06. The first-order valence-electron chi connectivity index (χ1n) is 7.36. The van der Waals surface area contributed by atoms with Gasteiger partial charge >= 0.3 is 0 Å². The van der Waals surface area contributed by atoms with Crippen LogP contribution < -0.4 is 5.32 Å². The molecule has 0 aromatic heterocycles. The molecule has 0 aliphatic carbocycles. The van der Waals surface area contributed by atoms with Crippen LogP contribution in [-0.4, -0.2) is 37.0 Å². The summed E-state index contributed by atoms with van der Waals surface area (Å²) in [5.74, 6) is 0.350. The number of benzene rings is 1. The third kappa shape index (κ3) is 4.50. The molecule has 1 aliphatic heterocycles. The minimum Gasteiger partial charge on any atom is -0.354 e. The van der Waals surface area contributed by atoms with E-state index in [0.29, 0.717) is 12.5 Å². The van der Waals surface area contributed by atoms with Crippen LogP contribution in [0, 0.1) is 5.92 Å². The van der Waals surface area contributed by atoms with Gasteiger partial charge in [-0.2, -0.15) is 0 Å². The van der Waals surface area contributed by atoms with Crippen molar-refractivity contribution < 1.29 is 4.79 Å². The van der Waals surface area contributed by atoms with Gasteiger partial charge in [0.1, 0.15) is 5.38 Å². The van der Waals surface area contributed by atoms with E-state index in [1.807, 2.05) is 30.3 Å². The lowest BCUT2D eigenvalue weighted by molar-refractivity contribution is -0.121. The highest BCUT2D eigenvalue weighted by Crippen LogP contribution is 2.20. The number of likely N-dealkylation sites (tertiary alicyclic amines) is 1. The Kier molecular flexibility index (Phi) is 5.86. The van der Waals surface area contributed by atoms with E-state index < -0.39 is 5.38 Å². The molecule has 1 saturated heterocycles. The molecule has 3 nitrogen and oxygen atoms in total. The van der Waals surface area contributed by atoms with Crippen LogP contribution >= 0.6 is 11.6 Å². The Morgan fingerprint density at radius 2 is 1.95 bits per heavy atom. The smallest absolute Gasteiger partial charge is 0.242 e. The van der Waals surface area contributed by atoms with Gasteiger partial charge in [-0.1, -0.05) is 37.3 Å². The molecule has 1 N–H and O–H groups in total. The molecule has 2 atom stereocenters. The zero-order chi connectivity index (χ0) is 14.4. The number of hydrogen-bond donors (Lipinski definition) is 1. The molecule has 2 rings (SSSR count). The second-order valence-electron chi connectivity index (χ2n) is 5.63. The first-order valence-corrected chi connectivity index (χ1v) is 7.79. The third-order valence-electron chi connectivity index (χ3n) is 3.72. The van der Waals surface area contributed by atoms with Gasteiger partial charge in [0.05, 0.1) is 0 Å². The summed E-state index contributed by atoms with van der Waals surface area (Å²) in [7, 11) is 0. The van der Waals surface area contributed by atoms with Crippen LogP contribution in [0.4, 0.5) is 0 Å². The van der Waals surface area contributed by atoms with E-state index in [1.165, 1.54) is 25.9 Å². The highest BCUT2D eigenvalue weighted by molar-refractivity contribution is 6.30. The fraction of sp³-hybridized carbons (Fsp3) is 0.562. The zero-order valence-corrected chi connectivity index (χ0v) is 12.8. The number of hydrogen-bond acceptors (Lipinski definition) is 2. The van der Waals surface area contributed by atoms with Gasteiger partial charge in [0.25, 0.3) is 0 Å². The van der Waals surface area contributed by atoms with Gasteiger partial charge in [-0.3, -0.25) is 4.79 Å². The number of carbonyl (C=O) groups excluding carboxylic acids is 1. The summed E-state index contributed by atoms with van der Waals surface area (Å²) in [6.07, 6.45) is 2.60. The average Bonchev–Trinajstić information content (AvgIpc) is 2.97. The van der Waals surface area contributed by atoms with Gasteiger partial charge in [0.15, 0.2) is 0 Å². The zero-order valence-electron chi connectivity index (χ0n) is 12.0. The molecule has 0 spiro atoms. The Morgan fingerprint density at radius 1 is 1.30 bits per heavy atom. The highest BCUT2D eigenvalue weighted by atomic mass is 35.5. The molecule has 0 saturated carbocycles. The van der Waals surface area contributed by atoms with Crippen molar-refractivity contribution >= 4 is 17.5 Å². The largest absolute Gasteiger partial charge is 0.354 e. The van der Waals surface area contributed by atoms with Crippen LogP contribution in [0.25, 0.3) is 0 Å². The van der Waals surface area contributed by atoms with Crippen LogP contribution in [0.15, 0.2) is 30.3 Å². The average molecular weight is 295 g/mol. The number of halogens is 1. The van der Waals surface area contributed by atoms with Gasteiger partial charge in [-0.25, -0.2) is 0 Å². The van der Waals surface area contributed by atoms with E-state index in [9.17, 15) is 4.79 Å². The van der Waals surface area contributed by atoms with Crippen LogP contribution in [0.2, 0.25) is 0 Å². The summed E-state index contributed by atoms with van der Waals surface area (Å²) < 4.78 is 0. The minimum atomic E-state index is -0.602. The summed E-state index contributed by atoms with van der Waals surface area (Å²) in [4.78, 5) is 14.5. The quantitative estimate of drug-likeness (QED) is 0.818. The van der Waals surface area contributed by atoms with Crippen molar-refractivity contribution in [3.8, 4) is 0 Å². The van der Waals surface area contributed by atoms with E-state index in [2.05, 4.69) is 17.1 Å². The van der Waals surface area contributed by atoms with Crippen molar-refractivity contribution in [2.24, 2.45) is 5.92 Å². The molecule has 0 bridgehead atoms. The Morgan fingerprint density at radius 3 is 2.60 bits per heavy atom. The maximum absolute atomic E-state index is 12.0. The second-order valence-corrected chi connectivity index (χ2v) is 6.07. The summed E-state index contributed by atoms with van der Waals surface area (Å²) in [6.45, 7) is 6.30. The van der Waals surface area contributed by atoms with Crippen molar-refractivity contribution in [1.29, 1.82) is 0 Å². The SMILES string of the molecule is CC(CNC(=O)C(Cl)c1ccccc1)CN1CCCC1. The lowest BCUT2D eigenvalue weighted by Gasteiger charge is -2.21. The summed E-state index contributed by atoms with van der Waals surface area (Å²) in [6, 6.07) is 9.47. The normalized spacial score (nSPS) is 18.7. The Bertz CT molecular complexity index is 418. The molecule has 0 radical (unpaired) electrons. The van der Waals surface area contributed by atoms with Gasteiger partial charge in [0, 0.05) is 13.1 Å². The monoisotopic (exact) mass is 294 g/mol. The standard InChI is InChI=1S/C16H23ClN2O/c1-13(12-19-9-5-6-10-19)11-18-16(20)15(17)14-7-3-2-4-8-14/h2-4,7-8,13,15H,5-6,9-12H2,1H3,(H,18,20). The fourth-order valence-electron chi connectivity index (χ4n) is 2.61. The van der Waals surface area contributed by atoms with Gasteiger partial charge in [-0.05, 0) is 37.4 Å². The number of amides is 1. The molecular formula is C16H23ClN2O. The Balaban J connectivity index is 1.74. The molecule has 1 aliphatic rings. The molecule has 20 heavy (non-hydrogen) atoms. The van der Waals surface area contributed by atoms with Crippen molar-refractivity contribution in [2.75, 3.05) is 26.2 Å². The molecule has 1 aromatic carbocycles. The summed E-state index contributed by atoms with van der Waals surface area (Å²) >= 11 is 6.19. The number of rotatable bonds is 6. The first kappa shape index (κ1) is 15.3. The lowest BCUT2D eigenvalue weighted by Crippen LogP contribution is -2.35. The number of carbonyl (C=O) groups is 1. The minimum absolute atomic E-state index is 0.105. The molecule has 4 heteroatoms. The number of nitrogens with one attached hydrogen (secondary N) is 1. The maximum Gasteiger partial charge on any atom is 0.242 e. The lowest BCUT2D eigenvalue weighted by atomic mass is 10.1. The predicted octanol–water partition coefficient (Wildman–Crippen LogP) is 2.81. The van der Waals surface area contributed by atoms with Crippen LogP contribution in [-0.2, 0) is 4.79 Å². The highest BCUT2D eigenvalue weighted by Gasteiger charge is 2.19. The van der Waals surface area contributed by atoms with E-state index in [-0.39, 0.29) is 5.91 Å². The topological polar surface area (TPSA) is 32.3 Å². The Labute approximate surface area is 126 Å². The van der Waals surface area contributed by atoms with Crippen molar-refractivity contribution in [3.05, 3.63) is 35.9 Å². The molecule has 1 aromatic rings. The molecule has 110 valence electrons. The number of nitrogens with zero attached hydrogens (tertiary/aromatic N) is 1. The van der Waals surface area contributed by atoms with Crippen LogP contribution in [0.3, 0.4) is 0 Å². The van der Waals surface area contributed by atoms with E-state index in [1.54, 1.807) is 0 Å². The molecule has 1 fully saturated rings. The van der Waals surface area contributed by atoms with Gasteiger partial charge in [0.2, 0.25) is 5.91 Å². The van der Waals surface area contributed by atoms with Crippen molar-refractivity contribution in [3.63, 3.8) is 0 Å². The molecule has 2 unspecified atom stereocenters. The summed E-state index contributed by atoms with van der Waals surface area (Å²) in [5.41, 5.74) is 0.846. The van der Waals surface area contributed by atoms with Gasteiger partial charge in [-0.15, -0.1) is 11.6 Å². The summed E-state index contributed by atoms with van der Waals surface area (Å²) in [5, 5.41) is 2.36. The third-order valence-corrected chi connectivity index (χ3v) is 4.17. The number of alkyl halides is 1. The van der Waals surface area contributed by atoms with Gasteiger partial charge < -0.3 is 10.2 Å². The van der Waals surface area contributed by atoms with E-state index in [4.69, 9.17) is 11.6 Å². The van der Waals surface area contributed by atoms with E-state index in [0.717, 1.165) is 12.1 Å². The van der Waals surface area contributed by atoms with Crippen molar-refractivity contribution in [1.82, 2.24) is 10.2 Å². The molecule has 1 amide bonds. The fourth-order valence-corrected chi connectivity index (χ4v) is 2.83. The molecule has 1 heterocycles. The second kappa shape index (κ2) is 7.65. The molecular weight excluding hydrogens is 272 g/mol. The first-order chi connectivity index (χ1) is 9.66.